The quantitative estimate of drug-likeness (QED) is 0.753. The Morgan fingerprint density at radius 2 is 1.72 bits per heavy atom. The summed E-state index contributed by atoms with van der Waals surface area (Å²) >= 11 is 0. The fourth-order valence-electron chi connectivity index (χ4n) is 3.72. The molecule has 7 nitrogen and oxygen atoms in total. The first-order valence-corrected chi connectivity index (χ1v) is 10.7. The Kier molecular flexibility index (Phi) is 5.28. The average molecular weight is 420 g/mol. The van der Waals surface area contributed by atoms with Gasteiger partial charge in [-0.25, -0.2) is 12.8 Å². The van der Waals surface area contributed by atoms with Gasteiger partial charge >= 0.3 is 0 Å². The Balaban J connectivity index is 1.48. The van der Waals surface area contributed by atoms with E-state index in [0.29, 0.717) is 5.75 Å². The number of morpholine rings is 2. The summed E-state index contributed by atoms with van der Waals surface area (Å²) in [6, 6.07) is 11.8. The fraction of sp³-hybridized carbons (Fsp3) is 0.350. The van der Waals surface area contributed by atoms with E-state index < -0.39 is 28.0 Å². The minimum absolute atomic E-state index is 0.151. The number of carbonyl (C=O) groups excluding carboxylic acids is 1. The van der Waals surface area contributed by atoms with Crippen LogP contribution in [0, 0.1) is 5.82 Å². The molecular formula is C20H21FN2O5S. The van der Waals surface area contributed by atoms with Gasteiger partial charge < -0.3 is 14.4 Å². The summed E-state index contributed by atoms with van der Waals surface area (Å²) in [6.45, 7) is 0.802. The van der Waals surface area contributed by atoms with Crippen LogP contribution in [0.4, 0.5) is 4.39 Å². The van der Waals surface area contributed by atoms with Crippen molar-refractivity contribution in [1.82, 2.24) is 9.21 Å². The molecule has 0 aromatic heterocycles. The van der Waals surface area contributed by atoms with Crippen LogP contribution in [0.3, 0.4) is 0 Å². The van der Waals surface area contributed by atoms with Gasteiger partial charge in [0.2, 0.25) is 10.0 Å². The second kappa shape index (κ2) is 7.74. The van der Waals surface area contributed by atoms with Crippen molar-refractivity contribution in [2.45, 2.75) is 17.1 Å². The van der Waals surface area contributed by atoms with E-state index in [1.807, 2.05) is 0 Å². The highest BCUT2D eigenvalue weighted by atomic mass is 32.2. The lowest BCUT2D eigenvalue weighted by Gasteiger charge is -2.45. The number of methoxy groups -OCH3 is 1. The number of sulfonamides is 1. The maximum atomic E-state index is 13.4. The summed E-state index contributed by atoms with van der Waals surface area (Å²) in [5.41, 5.74) is 0.271. The van der Waals surface area contributed by atoms with Gasteiger partial charge in [-0.15, -0.1) is 0 Å². The molecule has 0 spiro atoms. The Hall–Kier alpha value is -2.49. The lowest BCUT2D eigenvalue weighted by Crippen LogP contribution is -2.61. The van der Waals surface area contributed by atoms with Crippen LogP contribution in [-0.4, -0.2) is 69.0 Å². The van der Waals surface area contributed by atoms with E-state index in [1.165, 1.54) is 41.7 Å². The lowest BCUT2D eigenvalue weighted by atomic mass is 10.1. The minimum atomic E-state index is -3.68. The Bertz CT molecular complexity index is 998. The van der Waals surface area contributed by atoms with Crippen molar-refractivity contribution in [2.75, 3.05) is 33.3 Å². The SMILES string of the molecule is COc1ccc(S(=O)(=O)N2C[C@H]3CN(C(=O)c4cccc(F)c4)C[C@@H](C2)O3)cc1. The molecule has 2 saturated heterocycles. The fourth-order valence-corrected chi connectivity index (χ4v) is 5.22. The number of amides is 1. The number of benzene rings is 2. The minimum Gasteiger partial charge on any atom is -0.497 e. The highest BCUT2D eigenvalue weighted by Crippen LogP contribution is 2.26. The molecule has 2 aromatic carbocycles. The van der Waals surface area contributed by atoms with Crippen LogP contribution in [0.15, 0.2) is 53.4 Å². The van der Waals surface area contributed by atoms with E-state index in [9.17, 15) is 17.6 Å². The van der Waals surface area contributed by atoms with Crippen molar-refractivity contribution < 1.29 is 27.1 Å². The number of hydrogen-bond acceptors (Lipinski definition) is 5. The summed E-state index contributed by atoms with van der Waals surface area (Å²) < 4.78 is 51.8. The van der Waals surface area contributed by atoms with E-state index in [0.717, 1.165) is 0 Å². The number of halogens is 1. The molecule has 29 heavy (non-hydrogen) atoms. The van der Waals surface area contributed by atoms with Crippen molar-refractivity contribution in [2.24, 2.45) is 0 Å². The standard InChI is InChI=1S/C20H21FN2O5S/c1-27-16-5-7-19(8-6-16)29(25,26)23-12-17-10-22(11-18(13-23)28-17)20(24)14-3-2-4-15(21)9-14/h2-9,17-18H,10-13H2,1H3/t17-,18+. The molecule has 0 unspecified atom stereocenters. The van der Waals surface area contributed by atoms with Gasteiger partial charge in [-0.05, 0) is 42.5 Å². The third-order valence-electron chi connectivity index (χ3n) is 5.10. The zero-order valence-corrected chi connectivity index (χ0v) is 16.6. The first-order valence-electron chi connectivity index (χ1n) is 9.21. The molecule has 2 aromatic rings. The smallest absolute Gasteiger partial charge is 0.254 e. The second-order valence-corrected chi connectivity index (χ2v) is 9.04. The van der Waals surface area contributed by atoms with Crippen LogP contribution >= 0.6 is 0 Å². The monoisotopic (exact) mass is 420 g/mol. The molecule has 1 amide bonds. The molecule has 2 heterocycles. The Morgan fingerprint density at radius 1 is 1.07 bits per heavy atom. The van der Waals surface area contributed by atoms with Gasteiger partial charge in [-0.1, -0.05) is 6.07 Å². The van der Waals surface area contributed by atoms with Crippen LogP contribution in [-0.2, 0) is 14.8 Å². The van der Waals surface area contributed by atoms with Gasteiger partial charge in [0.05, 0.1) is 24.2 Å². The van der Waals surface area contributed by atoms with Gasteiger partial charge in [-0.2, -0.15) is 4.31 Å². The number of carbonyl (C=O) groups is 1. The second-order valence-electron chi connectivity index (χ2n) is 7.10. The zero-order chi connectivity index (χ0) is 20.6. The third-order valence-corrected chi connectivity index (χ3v) is 6.95. The zero-order valence-electron chi connectivity index (χ0n) is 15.8. The highest BCUT2D eigenvalue weighted by Gasteiger charge is 2.41. The highest BCUT2D eigenvalue weighted by molar-refractivity contribution is 7.89. The molecule has 0 saturated carbocycles. The van der Waals surface area contributed by atoms with Crippen molar-refractivity contribution in [1.29, 1.82) is 0 Å². The van der Waals surface area contributed by atoms with Crippen molar-refractivity contribution in [3.8, 4) is 5.75 Å². The molecule has 2 aliphatic heterocycles. The van der Waals surface area contributed by atoms with Crippen molar-refractivity contribution in [3.05, 3.63) is 59.9 Å². The Morgan fingerprint density at radius 3 is 2.31 bits per heavy atom. The van der Waals surface area contributed by atoms with Gasteiger partial charge in [-0.3, -0.25) is 4.79 Å². The molecule has 2 bridgehead atoms. The summed E-state index contributed by atoms with van der Waals surface area (Å²) in [7, 11) is -2.16. The number of fused-ring (bicyclic) bond motifs is 2. The topological polar surface area (TPSA) is 76.2 Å². The van der Waals surface area contributed by atoms with E-state index in [4.69, 9.17) is 9.47 Å². The number of hydrogen-bond donors (Lipinski definition) is 0. The number of nitrogens with zero attached hydrogens (tertiary/aromatic N) is 2. The van der Waals surface area contributed by atoms with Crippen molar-refractivity contribution in [3.63, 3.8) is 0 Å². The molecule has 154 valence electrons. The molecule has 0 N–H and O–H groups in total. The number of ether oxygens (including phenoxy) is 2. The van der Waals surface area contributed by atoms with E-state index in [1.54, 1.807) is 23.1 Å². The average Bonchev–Trinajstić information content (AvgIpc) is 2.72. The molecule has 2 atom stereocenters. The summed E-state index contributed by atoms with van der Waals surface area (Å²) in [5, 5.41) is 0. The van der Waals surface area contributed by atoms with Crippen LogP contribution in [0.1, 0.15) is 10.4 Å². The summed E-state index contributed by atoms with van der Waals surface area (Å²) in [4.78, 5) is 14.5. The van der Waals surface area contributed by atoms with Crippen LogP contribution in [0.5, 0.6) is 5.75 Å². The maximum absolute atomic E-state index is 13.4. The van der Waals surface area contributed by atoms with Crippen LogP contribution in [0.2, 0.25) is 0 Å². The lowest BCUT2D eigenvalue weighted by molar-refractivity contribution is -0.113. The van der Waals surface area contributed by atoms with Gasteiger partial charge in [0.15, 0.2) is 0 Å². The summed E-state index contributed by atoms with van der Waals surface area (Å²) in [6.07, 6.45) is -0.874. The molecule has 2 fully saturated rings. The molecule has 4 rings (SSSR count). The normalized spacial score (nSPS) is 22.3. The maximum Gasteiger partial charge on any atom is 0.254 e. The van der Waals surface area contributed by atoms with Crippen LogP contribution < -0.4 is 4.74 Å². The molecular weight excluding hydrogens is 399 g/mol. The molecule has 2 aliphatic rings. The van der Waals surface area contributed by atoms with E-state index in [-0.39, 0.29) is 42.5 Å². The largest absolute Gasteiger partial charge is 0.497 e. The predicted molar refractivity (Wildman–Crippen MR) is 103 cm³/mol. The van der Waals surface area contributed by atoms with E-state index >= 15 is 0 Å². The first kappa shape index (κ1) is 19.8. The third kappa shape index (κ3) is 3.98. The van der Waals surface area contributed by atoms with Crippen LogP contribution in [0.25, 0.3) is 0 Å². The van der Waals surface area contributed by atoms with Gasteiger partial charge in [0.25, 0.3) is 5.91 Å². The Labute approximate surface area is 168 Å². The predicted octanol–water partition coefficient (Wildman–Crippen LogP) is 1.75. The molecule has 0 radical (unpaired) electrons. The van der Waals surface area contributed by atoms with Crippen molar-refractivity contribution >= 4 is 15.9 Å². The van der Waals surface area contributed by atoms with Gasteiger partial charge in [0, 0.05) is 31.7 Å². The van der Waals surface area contributed by atoms with Gasteiger partial charge in [0.1, 0.15) is 11.6 Å². The summed E-state index contributed by atoms with van der Waals surface area (Å²) in [5.74, 6) is -0.176. The first-order chi connectivity index (χ1) is 13.9. The molecule has 0 aliphatic carbocycles. The number of rotatable bonds is 4. The van der Waals surface area contributed by atoms with E-state index in [2.05, 4.69) is 0 Å². The molecule has 9 heteroatoms.